The molecule has 5 heteroatoms. The van der Waals surface area contributed by atoms with Gasteiger partial charge in [0.2, 0.25) is 0 Å². The first-order chi connectivity index (χ1) is 15.8. The van der Waals surface area contributed by atoms with Gasteiger partial charge >= 0.3 is 0 Å². The molecule has 4 rings (SSSR count). The summed E-state index contributed by atoms with van der Waals surface area (Å²) >= 11 is 0. The topological polar surface area (TPSA) is 66.0 Å². The van der Waals surface area contributed by atoms with E-state index in [9.17, 15) is 4.79 Å². The van der Waals surface area contributed by atoms with Gasteiger partial charge in [0.15, 0.2) is 0 Å². The summed E-state index contributed by atoms with van der Waals surface area (Å²) in [4.78, 5) is 17.1. The number of benzene rings is 3. The fraction of sp³-hybridized carbons (Fsp3) is 0.185. The number of carbonyl (C=O) groups is 1. The number of hydrogen-bond acceptors (Lipinski definition) is 4. The molecule has 0 radical (unpaired) electrons. The van der Waals surface area contributed by atoms with Gasteiger partial charge in [0.1, 0.15) is 0 Å². The van der Waals surface area contributed by atoms with Gasteiger partial charge < -0.3 is 16.0 Å². The molecule has 0 unspecified atom stereocenters. The predicted molar refractivity (Wildman–Crippen MR) is 132 cm³/mol. The van der Waals surface area contributed by atoms with E-state index in [0.29, 0.717) is 18.7 Å². The molecule has 0 atom stereocenters. The van der Waals surface area contributed by atoms with Gasteiger partial charge in [-0.05, 0) is 42.7 Å². The summed E-state index contributed by atoms with van der Waals surface area (Å²) in [6.07, 6.45) is 3.69. The monoisotopic (exact) mass is 424 g/mol. The van der Waals surface area contributed by atoms with Crippen molar-refractivity contribution in [3.05, 3.63) is 102 Å². The standard InChI is InChI=1S/C27H28N4O/c32-27(23-13-5-7-15-25(23)31-20-21-10-2-1-3-11-21)30-18-9-8-17-28-26-16-19-29-24-14-6-4-12-22(24)26/h1-7,10-16,19,31H,8-9,17-18,20H2,(H,28,29)(H,30,32). The van der Waals surface area contributed by atoms with E-state index in [1.54, 1.807) is 0 Å². The Bertz CT molecular complexity index is 1160. The molecule has 0 aliphatic heterocycles. The number of nitrogens with one attached hydrogen (secondary N) is 3. The van der Waals surface area contributed by atoms with Crippen molar-refractivity contribution in [3.63, 3.8) is 0 Å². The maximum absolute atomic E-state index is 12.7. The van der Waals surface area contributed by atoms with E-state index in [-0.39, 0.29) is 5.91 Å². The summed E-state index contributed by atoms with van der Waals surface area (Å²) in [5.74, 6) is -0.0470. The van der Waals surface area contributed by atoms with Gasteiger partial charge in [-0.2, -0.15) is 0 Å². The first-order valence-electron chi connectivity index (χ1n) is 11.0. The highest BCUT2D eigenvalue weighted by atomic mass is 16.1. The Morgan fingerprint density at radius 2 is 1.47 bits per heavy atom. The normalized spacial score (nSPS) is 10.6. The first-order valence-corrected chi connectivity index (χ1v) is 11.0. The van der Waals surface area contributed by atoms with Crippen molar-refractivity contribution in [1.29, 1.82) is 0 Å². The maximum atomic E-state index is 12.7. The van der Waals surface area contributed by atoms with Gasteiger partial charge in [-0.3, -0.25) is 9.78 Å². The fourth-order valence-electron chi connectivity index (χ4n) is 3.65. The lowest BCUT2D eigenvalue weighted by Crippen LogP contribution is -2.25. The summed E-state index contributed by atoms with van der Waals surface area (Å²) in [5, 5.41) is 11.0. The Morgan fingerprint density at radius 3 is 2.38 bits per heavy atom. The number of pyridine rings is 1. The van der Waals surface area contributed by atoms with Crippen molar-refractivity contribution in [2.75, 3.05) is 23.7 Å². The number of anilines is 2. The second-order valence-corrected chi connectivity index (χ2v) is 7.65. The van der Waals surface area contributed by atoms with Gasteiger partial charge in [-0.25, -0.2) is 0 Å². The summed E-state index contributed by atoms with van der Waals surface area (Å²) in [6.45, 7) is 2.17. The number of unbranched alkanes of at least 4 members (excludes halogenated alkanes) is 1. The number of carbonyl (C=O) groups excluding carboxylic acids is 1. The van der Waals surface area contributed by atoms with Crippen LogP contribution in [0, 0.1) is 0 Å². The molecule has 1 heterocycles. The number of aromatic nitrogens is 1. The minimum absolute atomic E-state index is 0.0470. The van der Waals surface area contributed by atoms with E-state index < -0.39 is 0 Å². The molecule has 0 aliphatic carbocycles. The molecule has 3 aromatic carbocycles. The average molecular weight is 425 g/mol. The molecule has 0 saturated heterocycles. The lowest BCUT2D eigenvalue weighted by molar-refractivity contribution is 0.0954. The average Bonchev–Trinajstić information content (AvgIpc) is 2.85. The van der Waals surface area contributed by atoms with Crippen molar-refractivity contribution in [2.45, 2.75) is 19.4 Å². The molecule has 0 aliphatic rings. The van der Waals surface area contributed by atoms with Crippen molar-refractivity contribution < 1.29 is 4.79 Å². The number of hydrogen-bond donors (Lipinski definition) is 3. The van der Waals surface area contributed by atoms with Crippen molar-refractivity contribution in [3.8, 4) is 0 Å². The third-order valence-corrected chi connectivity index (χ3v) is 5.35. The molecule has 0 spiro atoms. The van der Waals surface area contributed by atoms with Gasteiger partial charge in [0.25, 0.3) is 5.91 Å². The third kappa shape index (κ3) is 5.64. The van der Waals surface area contributed by atoms with Crippen LogP contribution in [0.25, 0.3) is 10.9 Å². The lowest BCUT2D eigenvalue weighted by Gasteiger charge is -2.13. The summed E-state index contributed by atoms with van der Waals surface area (Å²) in [6, 6.07) is 27.9. The van der Waals surface area contributed by atoms with Crippen LogP contribution in [-0.4, -0.2) is 24.0 Å². The highest BCUT2D eigenvalue weighted by molar-refractivity contribution is 5.99. The summed E-state index contributed by atoms with van der Waals surface area (Å²) in [5.41, 5.74) is 4.78. The second kappa shape index (κ2) is 11.0. The Hall–Kier alpha value is -3.86. The van der Waals surface area contributed by atoms with Crippen LogP contribution >= 0.6 is 0 Å². The highest BCUT2D eigenvalue weighted by Gasteiger charge is 2.10. The van der Waals surface area contributed by atoms with E-state index in [2.05, 4.69) is 39.1 Å². The van der Waals surface area contributed by atoms with Crippen LogP contribution in [0.4, 0.5) is 11.4 Å². The SMILES string of the molecule is O=C(NCCCCNc1ccnc2ccccc12)c1ccccc1NCc1ccccc1. The largest absolute Gasteiger partial charge is 0.384 e. The molecule has 32 heavy (non-hydrogen) atoms. The Labute approximate surface area is 188 Å². The van der Waals surface area contributed by atoms with Crippen LogP contribution in [-0.2, 0) is 6.54 Å². The fourth-order valence-corrected chi connectivity index (χ4v) is 3.65. The van der Waals surface area contributed by atoms with Gasteiger partial charge in [-0.15, -0.1) is 0 Å². The van der Waals surface area contributed by atoms with Crippen molar-refractivity contribution in [1.82, 2.24) is 10.3 Å². The first kappa shape index (κ1) is 21.4. The highest BCUT2D eigenvalue weighted by Crippen LogP contribution is 2.21. The van der Waals surface area contributed by atoms with Crippen LogP contribution in [0.3, 0.4) is 0 Å². The Morgan fingerprint density at radius 1 is 0.719 bits per heavy atom. The summed E-state index contributed by atoms with van der Waals surface area (Å²) in [7, 11) is 0. The molecule has 1 amide bonds. The van der Waals surface area contributed by atoms with Crippen LogP contribution in [0.1, 0.15) is 28.8 Å². The number of rotatable bonds is 10. The van der Waals surface area contributed by atoms with Crippen molar-refractivity contribution in [2.24, 2.45) is 0 Å². The molecule has 1 aromatic heterocycles. The minimum atomic E-state index is -0.0470. The van der Waals surface area contributed by atoms with Gasteiger partial charge in [-0.1, -0.05) is 60.7 Å². The molecule has 162 valence electrons. The molecular formula is C27H28N4O. The molecule has 0 saturated carbocycles. The van der Waals surface area contributed by atoms with Crippen LogP contribution in [0.15, 0.2) is 91.1 Å². The maximum Gasteiger partial charge on any atom is 0.253 e. The predicted octanol–water partition coefficient (Wildman–Crippen LogP) is 5.47. The van der Waals surface area contributed by atoms with E-state index in [1.165, 1.54) is 5.56 Å². The minimum Gasteiger partial charge on any atom is -0.384 e. The lowest BCUT2D eigenvalue weighted by atomic mass is 10.1. The quantitative estimate of drug-likeness (QED) is 0.295. The Balaban J connectivity index is 1.22. The summed E-state index contributed by atoms with van der Waals surface area (Å²) < 4.78 is 0. The van der Waals surface area contributed by atoms with E-state index in [4.69, 9.17) is 0 Å². The van der Waals surface area contributed by atoms with Gasteiger partial charge in [0.05, 0.1) is 11.1 Å². The number of para-hydroxylation sites is 2. The zero-order chi connectivity index (χ0) is 22.0. The third-order valence-electron chi connectivity index (χ3n) is 5.35. The van der Waals surface area contributed by atoms with Crippen molar-refractivity contribution >= 4 is 28.2 Å². The smallest absolute Gasteiger partial charge is 0.253 e. The zero-order valence-electron chi connectivity index (χ0n) is 18.1. The van der Waals surface area contributed by atoms with E-state index in [1.807, 2.05) is 72.9 Å². The number of nitrogens with zero attached hydrogens (tertiary/aromatic N) is 1. The number of fused-ring (bicyclic) bond motifs is 1. The number of amides is 1. The van der Waals surface area contributed by atoms with Gasteiger partial charge in [0, 0.05) is 42.6 Å². The molecular weight excluding hydrogens is 396 g/mol. The van der Waals surface area contributed by atoms with E-state index in [0.717, 1.165) is 41.7 Å². The van der Waals surface area contributed by atoms with Crippen LogP contribution < -0.4 is 16.0 Å². The zero-order valence-corrected chi connectivity index (χ0v) is 18.1. The molecule has 5 nitrogen and oxygen atoms in total. The molecule has 3 N–H and O–H groups in total. The van der Waals surface area contributed by atoms with Crippen LogP contribution in [0.2, 0.25) is 0 Å². The Kier molecular flexibility index (Phi) is 7.32. The second-order valence-electron chi connectivity index (χ2n) is 7.65. The van der Waals surface area contributed by atoms with Crippen LogP contribution in [0.5, 0.6) is 0 Å². The molecule has 0 bridgehead atoms. The van der Waals surface area contributed by atoms with E-state index >= 15 is 0 Å². The molecule has 4 aromatic rings. The molecule has 0 fully saturated rings.